The van der Waals surface area contributed by atoms with Gasteiger partial charge in [-0.15, -0.1) is 11.3 Å². The van der Waals surface area contributed by atoms with E-state index in [0.29, 0.717) is 26.7 Å². The summed E-state index contributed by atoms with van der Waals surface area (Å²) < 4.78 is 38.3. The van der Waals surface area contributed by atoms with Crippen molar-refractivity contribution >= 4 is 22.9 Å². The number of thiazole rings is 1. The van der Waals surface area contributed by atoms with E-state index in [4.69, 9.17) is 10.5 Å². The molecular weight excluding hydrogens is 454 g/mol. The van der Waals surface area contributed by atoms with Crippen molar-refractivity contribution in [1.29, 1.82) is 0 Å². The molecule has 0 unspecified atom stereocenters. The number of benzene rings is 1. The molecule has 0 aliphatic heterocycles. The van der Waals surface area contributed by atoms with Gasteiger partial charge >= 0.3 is 6.61 Å². The number of hydrogen-bond donors (Lipinski definition) is 2. The normalized spacial score (nSPS) is 12.3. The molecule has 0 spiro atoms. The third-order valence-electron chi connectivity index (χ3n) is 4.84. The van der Waals surface area contributed by atoms with Crippen molar-refractivity contribution in [3.05, 3.63) is 64.8 Å². The smallest absolute Gasteiger partial charge is 0.387 e. The highest BCUT2D eigenvalue weighted by Gasteiger charge is 2.23. The largest absolute Gasteiger partial charge is 0.469 e. The molecule has 4 aromatic rings. The van der Waals surface area contributed by atoms with Crippen LogP contribution in [-0.4, -0.2) is 32.0 Å². The van der Waals surface area contributed by atoms with Crippen molar-refractivity contribution in [2.75, 3.05) is 0 Å². The van der Waals surface area contributed by atoms with Crippen molar-refractivity contribution in [3.8, 4) is 22.3 Å². The second kappa shape index (κ2) is 9.51. The SMILES string of the molecule is C[C@@H](Oc1nc(-c2cnc3ccccn23)sc1CC(N)=O)c1ccc(CO)cc1OC(F)F. The van der Waals surface area contributed by atoms with Gasteiger partial charge in [0.25, 0.3) is 0 Å². The second-order valence-electron chi connectivity index (χ2n) is 7.13. The number of imidazole rings is 1. The molecule has 0 fully saturated rings. The van der Waals surface area contributed by atoms with Crippen LogP contribution in [0.2, 0.25) is 0 Å². The summed E-state index contributed by atoms with van der Waals surface area (Å²) >= 11 is 1.24. The number of pyridine rings is 1. The molecule has 8 nitrogen and oxygen atoms in total. The van der Waals surface area contributed by atoms with Crippen molar-refractivity contribution < 1.29 is 28.2 Å². The van der Waals surface area contributed by atoms with E-state index in [2.05, 4.69) is 14.7 Å². The maximum Gasteiger partial charge on any atom is 0.387 e. The van der Waals surface area contributed by atoms with Crippen LogP contribution < -0.4 is 15.2 Å². The third-order valence-corrected chi connectivity index (χ3v) is 5.89. The lowest BCUT2D eigenvalue weighted by molar-refractivity contribution is -0.117. The van der Waals surface area contributed by atoms with Gasteiger partial charge in [-0.3, -0.25) is 9.20 Å². The summed E-state index contributed by atoms with van der Waals surface area (Å²) in [5.74, 6) is -0.506. The van der Waals surface area contributed by atoms with Crippen LogP contribution in [0.5, 0.6) is 11.6 Å². The second-order valence-corrected chi connectivity index (χ2v) is 8.22. The molecule has 1 amide bonds. The Labute approximate surface area is 191 Å². The van der Waals surface area contributed by atoms with Crippen molar-refractivity contribution in [1.82, 2.24) is 14.4 Å². The Balaban J connectivity index is 1.69. The minimum absolute atomic E-state index is 0.0969. The van der Waals surface area contributed by atoms with E-state index in [0.717, 1.165) is 5.65 Å². The number of hydrogen-bond acceptors (Lipinski definition) is 7. The van der Waals surface area contributed by atoms with Crippen LogP contribution in [0.25, 0.3) is 16.3 Å². The Morgan fingerprint density at radius 3 is 2.82 bits per heavy atom. The first-order valence-electron chi connectivity index (χ1n) is 9.91. The fourth-order valence-corrected chi connectivity index (χ4v) is 4.36. The molecule has 0 aliphatic carbocycles. The molecule has 1 aromatic carbocycles. The minimum atomic E-state index is -3.05. The number of aliphatic hydroxyl groups is 1. The van der Waals surface area contributed by atoms with Gasteiger partial charge in [-0.2, -0.15) is 13.8 Å². The van der Waals surface area contributed by atoms with Gasteiger partial charge in [-0.25, -0.2) is 4.98 Å². The number of aliphatic hydroxyl groups excluding tert-OH is 1. The zero-order chi connectivity index (χ0) is 23.5. The quantitative estimate of drug-likeness (QED) is 0.382. The molecule has 0 aliphatic rings. The van der Waals surface area contributed by atoms with Crippen molar-refractivity contribution in [3.63, 3.8) is 0 Å². The molecule has 172 valence electrons. The Bertz CT molecular complexity index is 1290. The number of fused-ring (bicyclic) bond motifs is 1. The number of halogens is 2. The number of carbonyl (C=O) groups excluding carboxylic acids is 1. The molecule has 0 saturated heterocycles. The van der Waals surface area contributed by atoms with Gasteiger partial charge in [-0.05, 0) is 30.7 Å². The number of rotatable bonds is 9. The van der Waals surface area contributed by atoms with Crippen LogP contribution in [0.4, 0.5) is 8.78 Å². The first-order chi connectivity index (χ1) is 15.9. The molecule has 33 heavy (non-hydrogen) atoms. The van der Waals surface area contributed by atoms with Crippen LogP contribution in [0.1, 0.15) is 29.0 Å². The number of nitrogens with zero attached hydrogens (tertiary/aromatic N) is 3. The van der Waals surface area contributed by atoms with Crippen molar-refractivity contribution in [2.45, 2.75) is 32.7 Å². The Morgan fingerprint density at radius 1 is 1.27 bits per heavy atom. The lowest BCUT2D eigenvalue weighted by Crippen LogP contribution is -2.14. The molecule has 4 rings (SSSR count). The lowest BCUT2D eigenvalue weighted by atomic mass is 10.1. The van der Waals surface area contributed by atoms with Crippen LogP contribution >= 0.6 is 11.3 Å². The van der Waals surface area contributed by atoms with Gasteiger partial charge in [0, 0.05) is 11.8 Å². The number of amides is 1. The van der Waals surface area contributed by atoms with E-state index in [1.54, 1.807) is 25.3 Å². The molecule has 3 heterocycles. The third kappa shape index (κ3) is 4.94. The zero-order valence-electron chi connectivity index (χ0n) is 17.4. The average Bonchev–Trinajstić information content (AvgIpc) is 3.36. The molecule has 3 aromatic heterocycles. The Kier molecular flexibility index (Phi) is 6.52. The Hall–Kier alpha value is -3.57. The molecule has 0 bridgehead atoms. The predicted molar refractivity (Wildman–Crippen MR) is 117 cm³/mol. The topological polar surface area (TPSA) is 112 Å². The minimum Gasteiger partial charge on any atom is -0.469 e. The van der Waals surface area contributed by atoms with Gasteiger partial charge in [0.15, 0.2) is 0 Å². The van der Waals surface area contributed by atoms with Crippen LogP contribution in [-0.2, 0) is 17.8 Å². The highest BCUT2D eigenvalue weighted by Crippen LogP contribution is 2.37. The summed E-state index contributed by atoms with van der Waals surface area (Å²) in [6.07, 6.45) is 2.65. The highest BCUT2D eigenvalue weighted by atomic mass is 32.1. The summed E-state index contributed by atoms with van der Waals surface area (Å²) in [7, 11) is 0. The number of nitrogens with two attached hydrogens (primary N) is 1. The fraction of sp³-hybridized carbons (Fsp3) is 0.227. The van der Waals surface area contributed by atoms with E-state index >= 15 is 0 Å². The molecule has 0 radical (unpaired) electrons. The monoisotopic (exact) mass is 474 g/mol. The number of ether oxygens (including phenoxy) is 2. The molecule has 3 N–H and O–H groups in total. The predicted octanol–water partition coefficient (Wildman–Crippen LogP) is 3.72. The maximum absolute atomic E-state index is 12.9. The van der Waals surface area contributed by atoms with E-state index in [-0.39, 0.29) is 24.7 Å². The fourth-order valence-electron chi connectivity index (χ4n) is 3.34. The summed E-state index contributed by atoms with van der Waals surface area (Å²) in [4.78, 5) is 21.0. The van der Waals surface area contributed by atoms with E-state index < -0.39 is 18.6 Å². The molecule has 1 atom stereocenters. The lowest BCUT2D eigenvalue weighted by Gasteiger charge is -2.18. The zero-order valence-corrected chi connectivity index (χ0v) is 18.3. The van der Waals surface area contributed by atoms with Crippen LogP contribution in [0, 0.1) is 0 Å². The van der Waals surface area contributed by atoms with Gasteiger partial charge in [-0.1, -0.05) is 18.2 Å². The van der Waals surface area contributed by atoms with Gasteiger partial charge in [0.1, 0.15) is 28.2 Å². The molecular formula is C22H20F2N4O4S. The van der Waals surface area contributed by atoms with Gasteiger partial charge in [0.05, 0.1) is 24.1 Å². The molecule has 11 heteroatoms. The van der Waals surface area contributed by atoms with E-state index in [1.807, 2.05) is 28.8 Å². The Morgan fingerprint density at radius 2 is 2.09 bits per heavy atom. The standard InChI is InChI=1S/C22H20F2N4O4S/c1-12(14-6-5-13(11-29)8-16(14)32-22(23)24)31-20-17(9-18(25)30)33-21(27-20)15-10-26-19-4-2-3-7-28(15)19/h2-8,10,12,22,29H,9,11H2,1H3,(H2,25,30)/t12-/m1/s1. The summed E-state index contributed by atoms with van der Waals surface area (Å²) in [5, 5.41) is 9.88. The number of primary amides is 1. The first-order valence-corrected chi connectivity index (χ1v) is 10.7. The van der Waals surface area contributed by atoms with Crippen molar-refractivity contribution in [2.24, 2.45) is 5.73 Å². The highest BCUT2D eigenvalue weighted by molar-refractivity contribution is 7.15. The average molecular weight is 474 g/mol. The number of aromatic nitrogens is 3. The molecule has 0 saturated carbocycles. The maximum atomic E-state index is 12.9. The van der Waals surface area contributed by atoms with Gasteiger partial charge in [0.2, 0.25) is 11.8 Å². The van der Waals surface area contributed by atoms with E-state index in [1.165, 1.54) is 17.4 Å². The number of alkyl halides is 2. The van der Waals surface area contributed by atoms with Crippen LogP contribution in [0.15, 0.2) is 48.8 Å². The summed E-state index contributed by atoms with van der Waals surface area (Å²) in [6, 6.07) is 10.0. The summed E-state index contributed by atoms with van der Waals surface area (Å²) in [6.45, 7) is -1.73. The van der Waals surface area contributed by atoms with E-state index in [9.17, 15) is 18.7 Å². The van der Waals surface area contributed by atoms with Gasteiger partial charge < -0.3 is 20.3 Å². The first kappa shape index (κ1) is 22.6. The summed E-state index contributed by atoms with van der Waals surface area (Å²) in [5.41, 5.74) is 7.59. The van der Waals surface area contributed by atoms with Crippen LogP contribution in [0.3, 0.4) is 0 Å². The number of carbonyl (C=O) groups is 1.